The van der Waals surface area contributed by atoms with Gasteiger partial charge in [-0.25, -0.2) is 9.97 Å². The molecule has 1 aromatic heterocycles. The topological polar surface area (TPSA) is 63.8 Å². The molecule has 1 heterocycles. The number of nitrogens with one attached hydrogen (secondary N) is 1. The second-order valence-corrected chi connectivity index (χ2v) is 4.42. The summed E-state index contributed by atoms with van der Waals surface area (Å²) < 4.78 is 0.888. The molecular weight excluding hydrogens is 244 g/mol. The lowest BCUT2D eigenvalue weighted by Gasteiger charge is -2.18. The van der Waals surface area contributed by atoms with Crippen LogP contribution in [0.15, 0.2) is 17.0 Å². The van der Waals surface area contributed by atoms with Crippen LogP contribution in [-0.4, -0.2) is 22.1 Å². The van der Waals surface area contributed by atoms with Gasteiger partial charge in [-0.2, -0.15) is 0 Å². The average Bonchev–Trinajstić information content (AvgIpc) is 2.56. The van der Waals surface area contributed by atoms with Crippen LogP contribution >= 0.6 is 15.9 Å². The molecule has 14 heavy (non-hydrogen) atoms. The van der Waals surface area contributed by atoms with Crippen LogP contribution in [0, 0.1) is 0 Å². The van der Waals surface area contributed by atoms with Gasteiger partial charge >= 0.3 is 0 Å². The highest BCUT2D eigenvalue weighted by Gasteiger charge is 2.24. The van der Waals surface area contributed by atoms with Crippen molar-refractivity contribution in [2.24, 2.45) is 5.73 Å². The summed E-state index contributed by atoms with van der Waals surface area (Å²) in [5, 5.41) is 3.34. The van der Waals surface area contributed by atoms with Crippen molar-refractivity contribution in [1.82, 2.24) is 9.97 Å². The lowest BCUT2D eigenvalue weighted by atomic mass is 10.2. The Balaban J connectivity index is 2.07. The van der Waals surface area contributed by atoms with Gasteiger partial charge in [0.1, 0.15) is 12.1 Å². The largest absolute Gasteiger partial charge is 0.365 e. The fourth-order valence-corrected chi connectivity index (χ4v) is 2.10. The van der Waals surface area contributed by atoms with E-state index in [0.29, 0.717) is 6.04 Å². The summed E-state index contributed by atoms with van der Waals surface area (Å²) in [7, 11) is 0. The third kappa shape index (κ3) is 2.04. The Morgan fingerprint density at radius 1 is 1.50 bits per heavy atom. The molecule has 3 N–H and O–H groups in total. The fraction of sp³-hybridized carbons (Fsp3) is 0.556. The number of anilines is 1. The van der Waals surface area contributed by atoms with Crippen LogP contribution in [0.25, 0.3) is 0 Å². The van der Waals surface area contributed by atoms with Crippen molar-refractivity contribution in [1.29, 1.82) is 0 Å². The second kappa shape index (κ2) is 4.23. The number of nitrogens with zero attached hydrogens (tertiary/aromatic N) is 2. The smallest absolute Gasteiger partial charge is 0.144 e. The monoisotopic (exact) mass is 256 g/mol. The molecule has 5 heteroatoms. The van der Waals surface area contributed by atoms with Gasteiger partial charge in [-0.1, -0.05) is 0 Å². The number of hydrogen-bond donors (Lipinski definition) is 2. The third-order valence-corrected chi connectivity index (χ3v) is 3.14. The fourth-order valence-electron chi connectivity index (χ4n) is 1.76. The van der Waals surface area contributed by atoms with Gasteiger partial charge < -0.3 is 11.1 Å². The number of rotatable bonds is 2. The van der Waals surface area contributed by atoms with Crippen LogP contribution in [0.4, 0.5) is 5.82 Å². The normalized spacial score (nSPS) is 26.4. The Labute approximate surface area is 91.4 Å². The van der Waals surface area contributed by atoms with Crippen LogP contribution in [0.3, 0.4) is 0 Å². The Hall–Kier alpha value is -0.680. The van der Waals surface area contributed by atoms with Crippen molar-refractivity contribution in [3.05, 3.63) is 17.0 Å². The predicted molar refractivity (Wildman–Crippen MR) is 59.0 cm³/mol. The van der Waals surface area contributed by atoms with Gasteiger partial charge in [0.25, 0.3) is 0 Å². The maximum absolute atomic E-state index is 5.96. The summed E-state index contributed by atoms with van der Waals surface area (Å²) in [4.78, 5) is 8.06. The van der Waals surface area contributed by atoms with Crippen LogP contribution in [-0.2, 0) is 0 Å². The van der Waals surface area contributed by atoms with Crippen molar-refractivity contribution >= 4 is 21.7 Å². The van der Waals surface area contributed by atoms with E-state index in [1.807, 2.05) is 0 Å². The molecule has 4 nitrogen and oxygen atoms in total. The number of aromatic nitrogens is 2. The number of halogens is 1. The second-order valence-electron chi connectivity index (χ2n) is 3.56. The van der Waals surface area contributed by atoms with E-state index >= 15 is 0 Å². The zero-order chi connectivity index (χ0) is 9.97. The first-order chi connectivity index (χ1) is 6.77. The van der Waals surface area contributed by atoms with E-state index in [4.69, 9.17) is 5.73 Å². The van der Waals surface area contributed by atoms with Gasteiger partial charge in [-0.15, -0.1) is 0 Å². The SMILES string of the molecule is NC1CCCC1Nc1ncncc1Br. The molecule has 0 amide bonds. The van der Waals surface area contributed by atoms with Crippen molar-refractivity contribution in [3.8, 4) is 0 Å². The summed E-state index contributed by atoms with van der Waals surface area (Å²) in [5.74, 6) is 0.836. The average molecular weight is 257 g/mol. The minimum atomic E-state index is 0.247. The summed E-state index contributed by atoms with van der Waals surface area (Å²) in [6, 6.07) is 0.595. The minimum Gasteiger partial charge on any atom is -0.365 e. The Morgan fingerprint density at radius 3 is 3.00 bits per heavy atom. The quantitative estimate of drug-likeness (QED) is 0.843. The molecule has 1 aliphatic rings. The maximum Gasteiger partial charge on any atom is 0.144 e. The van der Waals surface area contributed by atoms with E-state index in [9.17, 15) is 0 Å². The van der Waals surface area contributed by atoms with Crippen molar-refractivity contribution in [2.45, 2.75) is 31.3 Å². The molecule has 1 saturated carbocycles. The first-order valence-corrected chi connectivity index (χ1v) is 5.54. The van der Waals surface area contributed by atoms with E-state index < -0.39 is 0 Å². The maximum atomic E-state index is 5.96. The van der Waals surface area contributed by atoms with Crippen molar-refractivity contribution in [3.63, 3.8) is 0 Å². The van der Waals surface area contributed by atoms with Crippen LogP contribution in [0.2, 0.25) is 0 Å². The Kier molecular flexibility index (Phi) is 2.98. The Morgan fingerprint density at radius 2 is 2.36 bits per heavy atom. The molecule has 76 valence electrons. The third-order valence-electron chi connectivity index (χ3n) is 2.56. The standard InChI is InChI=1S/C9H13BrN4/c10-6-4-12-5-13-9(6)14-8-3-1-2-7(8)11/h4-5,7-8H,1-3,11H2,(H,12,13,14). The zero-order valence-electron chi connectivity index (χ0n) is 7.78. The van der Waals surface area contributed by atoms with Crippen molar-refractivity contribution in [2.75, 3.05) is 5.32 Å². The van der Waals surface area contributed by atoms with Crippen LogP contribution < -0.4 is 11.1 Å². The van der Waals surface area contributed by atoms with Gasteiger partial charge in [0.2, 0.25) is 0 Å². The first-order valence-electron chi connectivity index (χ1n) is 4.75. The van der Waals surface area contributed by atoms with E-state index in [1.165, 1.54) is 12.7 Å². The molecular formula is C9H13BrN4. The molecule has 1 fully saturated rings. The lowest BCUT2D eigenvalue weighted by molar-refractivity contribution is 0.635. The molecule has 1 aromatic rings. The molecule has 1 aliphatic carbocycles. The zero-order valence-corrected chi connectivity index (χ0v) is 9.37. The molecule has 2 atom stereocenters. The summed E-state index contributed by atoms with van der Waals surface area (Å²) in [6.07, 6.45) is 6.68. The van der Waals surface area contributed by atoms with Crippen molar-refractivity contribution < 1.29 is 0 Å². The molecule has 0 radical (unpaired) electrons. The van der Waals surface area contributed by atoms with E-state index in [0.717, 1.165) is 23.1 Å². The number of nitrogens with two attached hydrogens (primary N) is 1. The van der Waals surface area contributed by atoms with Gasteiger partial charge in [0, 0.05) is 18.3 Å². The lowest BCUT2D eigenvalue weighted by Crippen LogP contribution is -2.35. The van der Waals surface area contributed by atoms with Crippen LogP contribution in [0.1, 0.15) is 19.3 Å². The van der Waals surface area contributed by atoms with Gasteiger partial charge in [0.15, 0.2) is 0 Å². The highest BCUT2D eigenvalue weighted by atomic mass is 79.9. The molecule has 0 spiro atoms. The minimum absolute atomic E-state index is 0.247. The molecule has 2 unspecified atom stereocenters. The first kappa shape index (κ1) is 9.86. The number of hydrogen-bond acceptors (Lipinski definition) is 4. The molecule has 0 bridgehead atoms. The Bertz CT molecular complexity index is 317. The summed E-state index contributed by atoms with van der Waals surface area (Å²) in [6.45, 7) is 0. The highest BCUT2D eigenvalue weighted by Crippen LogP contribution is 2.24. The van der Waals surface area contributed by atoms with E-state index in [-0.39, 0.29) is 6.04 Å². The predicted octanol–water partition coefficient (Wildman–Crippen LogP) is 1.53. The molecule has 0 saturated heterocycles. The van der Waals surface area contributed by atoms with Crippen LogP contribution in [0.5, 0.6) is 0 Å². The molecule has 0 aromatic carbocycles. The summed E-state index contributed by atoms with van der Waals surface area (Å²) in [5.41, 5.74) is 5.96. The van der Waals surface area contributed by atoms with E-state index in [1.54, 1.807) is 6.20 Å². The molecule has 0 aliphatic heterocycles. The van der Waals surface area contributed by atoms with Gasteiger partial charge in [-0.05, 0) is 35.2 Å². The molecule has 2 rings (SSSR count). The summed E-state index contributed by atoms with van der Waals surface area (Å²) >= 11 is 3.40. The van der Waals surface area contributed by atoms with E-state index in [2.05, 4.69) is 31.2 Å². The highest BCUT2D eigenvalue weighted by molar-refractivity contribution is 9.10. The van der Waals surface area contributed by atoms with Gasteiger partial charge in [0.05, 0.1) is 4.47 Å². The van der Waals surface area contributed by atoms with Gasteiger partial charge in [-0.3, -0.25) is 0 Å².